The highest BCUT2D eigenvalue weighted by atomic mass is 16.2. The van der Waals surface area contributed by atoms with Gasteiger partial charge in [-0.25, -0.2) is 0 Å². The Hall–Kier alpha value is -2.09. The summed E-state index contributed by atoms with van der Waals surface area (Å²) in [6.07, 6.45) is 2.24. The molecule has 1 aliphatic heterocycles. The van der Waals surface area contributed by atoms with Crippen molar-refractivity contribution >= 4 is 11.6 Å². The molecule has 1 amide bonds. The van der Waals surface area contributed by atoms with Gasteiger partial charge < -0.3 is 4.90 Å². The van der Waals surface area contributed by atoms with Gasteiger partial charge in [-0.2, -0.15) is 0 Å². The van der Waals surface area contributed by atoms with Crippen LogP contribution < -0.4 is 4.90 Å². The third kappa shape index (κ3) is 1.15. The molecule has 0 aromatic heterocycles. The van der Waals surface area contributed by atoms with Crippen molar-refractivity contribution in [3.05, 3.63) is 65.2 Å². The lowest BCUT2D eigenvalue weighted by Gasteiger charge is -2.13. The van der Waals surface area contributed by atoms with Gasteiger partial charge in [0.05, 0.1) is 5.41 Å². The molecule has 1 fully saturated rings. The smallest absolute Gasteiger partial charge is 0.238 e. The highest BCUT2D eigenvalue weighted by Gasteiger charge is 2.74. The van der Waals surface area contributed by atoms with Crippen LogP contribution in [-0.4, -0.2) is 13.0 Å². The zero-order chi connectivity index (χ0) is 14.2. The van der Waals surface area contributed by atoms with Crippen molar-refractivity contribution in [3.63, 3.8) is 0 Å². The number of carbonyl (C=O) groups is 1. The molecule has 0 bridgehead atoms. The number of para-hydroxylation sites is 1. The molecule has 2 aromatic carbocycles. The van der Waals surface area contributed by atoms with E-state index in [-0.39, 0.29) is 5.41 Å². The van der Waals surface area contributed by atoms with Crippen molar-refractivity contribution in [2.75, 3.05) is 11.9 Å². The molecule has 0 saturated heterocycles. The summed E-state index contributed by atoms with van der Waals surface area (Å²) in [5.74, 6) is 1.18. The predicted molar refractivity (Wildman–Crippen MR) is 82.5 cm³/mol. The Morgan fingerprint density at radius 3 is 2.76 bits per heavy atom. The fourth-order valence-corrected chi connectivity index (χ4v) is 4.97. The maximum Gasteiger partial charge on any atom is 0.238 e. The molecule has 0 radical (unpaired) electrons. The standard InChI is InChI=1S/C19H17NO/c1-20-16-9-5-4-8-14(16)19(18(20)21)15-11-10-12-6-2-3-7-13(12)17(15)19/h2-9,15,17H,10-11H2,1H3/t15-,17+,19+/m0/s1. The minimum Gasteiger partial charge on any atom is -0.314 e. The predicted octanol–water partition coefficient (Wildman–Crippen LogP) is 3.26. The van der Waals surface area contributed by atoms with Crippen LogP contribution >= 0.6 is 0 Å². The fraction of sp³-hybridized carbons (Fsp3) is 0.316. The van der Waals surface area contributed by atoms with Crippen molar-refractivity contribution in [1.29, 1.82) is 0 Å². The van der Waals surface area contributed by atoms with E-state index < -0.39 is 0 Å². The van der Waals surface area contributed by atoms with Crippen LogP contribution in [0.5, 0.6) is 0 Å². The second-order valence-electron chi connectivity index (χ2n) is 6.57. The molecular weight excluding hydrogens is 258 g/mol. The average Bonchev–Trinajstić information content (AvgIpc) is 3.18. The maximum absolute atomic E-state index is 13.0. The number of rotatable bonds is 0. The first-order valence-corrected chi connectivity index (χ1v) is 7.71. The largest absolute Gasteiger partial charge is 0.314 e. The number of carbonyl (C=O) groups excluding carboxylic acids is 1. The number of anilines is 1. The minimum absolute atomic E-state index is 0.266. The highest BCUT2D eigenvalue weighted by molar-refractivity contribution is 6.11. The zero-order valence-electron chi connectivity index (χ0n) is 12.0. The van der Waals surface area contributed by atoms with E-state index in [0.717, 1.165) is 18.5 Å². The summed E-state index contributed by atoms with van der Waals surface area (Å²) in [5, 5.41) is 0. The monoisotopic (exact) mass is 275 g/mol. The quantitative estimate of drug-likeness (QED) is 0.722. The molecule has 2 aromatic rings. The van der Waals surface area contributed by atoms with Gasteiger partial charge in [0.25, 0.3) is 0 Å². The zero-order valence-corrected chi connectivity index (χ0v) is 12.0. The highest BCUT2D eigenvalue weighted by Crippen LogP contribution is 2.73. The fourth-order valence-electron chi connectivity index (χ4n) is 4.97. The number of fused-ring (bicyclic) bond motifs is 7. The van der Waals surface area contributed by atoms with Crippen LogP contribution in [0.2, 0.25) is 0 Å². The van der Waals surface area contributed by atoms with Crippen LogP contribution in [0, 0.1) is 5.92 Å². The van der Waals surface area contributed by atoms with E-state index in [1.54, 1.807) is 0 Å². The van der Waals surface area contributed by atoms with Crippen molar-refractivity contribution in [3.8, 4) is 0 Å². The molecule has 3 atom stereocenters. The number of nitrogens with zero attached hydrogens (tertiary/aromatic N) is 1. The van der Waals surface area contributed by atoms with Crippen molar-refractivity contribution in [2.24, 2.45) is 5.92 Å². The number of hydrogen-bond donors (Lipinski definition) is 0. The Morgan fingerprint density at radius 2 is 1.86 bits per heavy atom. The van der Waals surface area contributed by atoms with E-state index in [1.807, 2.05) is 18.0 Å². The van der Waals surface area contributed by atoms with Crippen molar-refractivity contribution in [1.82, 2.24) is 0 Å². The van der Waals surface area contributed by atoms with Crippen LogP contribution in [0.1, 0.15) is 29.0 Å². The van der Waals surface area contributed by atoms with E-state index in [1.165, 1.54) is 16.7 Å². The lowest BCUT2D eigenvalue weighted by Crippen LogP contribution is -2.30. The molecule has 3 aliphatic rings. The summed E-state index contributed by atoms with van der Waals surface area (Å²) in [6, 6.07) is 17.0. The number of amides is 1. The molecule has 104 valence electrons. The van der Waals surface area contributed by atoms with Gasteiger partial charge in [0.15, 0.2) is 0 Å². The molecule has 1 saturated carbocycles. The SMILES string of the molecule is CN1C(=O)[C@@]2(c3ccccc31)[C@@H]1c3ccccc3CC[C@@H]12. The Bertz CT molecular complexity index is 781. The third-order valence-electron chi connectivity index (χ3n) is 5.85. The van der Waals surface area contributed by atoms with Gasteiger partial charge in [0.2, 0.25) is 5.91 Å². The molecule has 0 unspecified atom stereocenters. The van der Waals surface area contributed by atoms with Crippen molar-refractivity contribution < 1.29 is 4.79 Å². The second-order valence-corrected chi connectivity index (χ2v) is 6.57. The van der Waals surface area contributed by atoms with E-state index in [0.29, 0.717) is 17.7 Å². The molecule has 0 N–H and O–H groups in total. The third-order valence-corrected chi connectivity index (χ3v) is 5.85. The molecule has 21 heavy (non-hydrogen) atoms. The second kappa shape index (κ2) is 3.56. The van der Waals surface area contributed by atoms with Gasteiger partial charge in [0, 0.05) is 18.7 Å². The Kier molecular flexibility index (Phi) is 1.96. The van der Waals surface area contributed by atoms with Gasteiger partial charge in [-0.3, -0.25) is 4.79 Å². The molecule has 1 heterocycles. The molecule has 2 nitrogen and oxygen atoms in total. The van der Waals surface area contributed by atoms with Crippen LogP contribution in [-0.2, 0) is 16.6 Å². The molecule has 1 spiro atoms. The lowest BCUT2D eigenvalue weighted by molar-refractivity contribution is -0.120. The normalized spacial score (nSPS) is 31.9. The van der Waals surface area contributed by atoms with E-state index >= 15 is 0 Å². The minimum atomic E-state index is -0.266. The van der Waals surface area contributed by atoms with Gasteiger partial charge in [-0.1, -0.05) is 42.5 Å². The van der Waals surface area contributed by atoms with Crippen LogP contribution in [0.4, 0.5) is 5.69 Å². The van der Waals surface area contributed by atoms with Crippen molar-refractivity contribution in [2.45, 2.75) is 24.2 Å². The lowest BCUT2D eigenvalue weighted by atomic mass is 9.90. The van der Waals surface area contributed by atoms with Gasteiger partial charge in [-0.15, -0.1) is 0 Å². The Balaban J connectivity index is 1.75. The summed E-state index contributed by atoms with van der Waals surface area (Å²) >= 11 is 0. The van der Waals surface area contributed by atoms with Crippen LogP contribution in [0.3, 0.4) is 0 Å². The Morgan fingerprint density at radius 1 is 1.10 bits per heavy atom. The van der Waals surface area contributed by atoms with Gasteiger partial charge in [-0.05, 0) is 41.5 Å². The van der Waals surface area contributed by atoms with E-state index in [4.69, 9.17) is 0 Å². The number of aryl methyl sites for hydroxylation is 1. The summed E-state index contributed by atoms with van der Waals surface area (Å²) in [4.78, 5) is 14.9. The molecule has 5 rings (SSSR count). The summed E-state index contributed by atoms with van der Waals surface area (Å²) in [6.45, 7) is 0. The van der Waals surface area contributed by atoms with Crippen LogP contribution in [0.15, 0.2) is 48.5 Å². The van der Waals surface area contributed by atoms with Crippen LogP contribution in [0.25, 0.3) is 0 Å². The van der Waals surface area contributed by atoms with E-state index in [2.05, 4.69) is 42.5 Å². The number of hydrogen-bond acceptors (Lipinski definition) is 1. The number of likely N-dealkylation sites (N-methyl/N-ethyl adjacent to an activating group) is 1. The first-order chi connectivity index (χ1) is 10.3. The number of benzene rings is 2. The van der Waals surface area contributed by atoms with E-state index in [9.17, 15) is 4.79 Å². The Labute approximate surface area is 124 Å². The summed E-state index contributed by atoms with van der Waals surface area (Å²) in [5.41, 5.74) is 4.94. The average molecular weight is 275 g/mol. The summed E-state index contributed by atoms with van der Waals surface area (Å²) < 4.78 is 0. The first kappa shape index (κ1) is 11.6. The van der Waals surface area contributed by atoms with Gasteiger partial charge >= 0.3 is 0 Å². The van der Waals surface area contributed by atoms with Gasteiger partial charge in [0.1, 0.15) is 0 Å². The maximum atomic E-state index is 13.0. The molecule has 2 heteroatoms. The summed E-state index contributed by atoms with van der Waals surface area (Å²) in [7, 11) is 1.92. The molecule has 2 aliphatic carbocycles. The molecular formula is C19H17NO. The topological polar surface area (TPSA) is 20.3 Å². The first-order valence-electron chi connectivity index (χ1n) is 7.71.